The Labute approximate surface area is 148 Å². The number of ether oxygens (including phenoxy) is 1. The summed E-state index contributed by atoms with van der Waals surface area (Å²) in [6.45, 7) is 3.96. The second-order valence-electron chi connectivity index (χ2n) is 6.51. The molecule has 0 bridgehead atoms. The molecule has 25 heavy (non-hydrogen) atoms. The summed E-state index contributed by atoms with van der Waals surface area (Å²) in [5.74, 6) is 0.758. The lowest BCUT2D eigenvalue weighted by molar-refractivity contribution is 0.214. The normalized spacial score (nSPS) is 16.8. The smallest absolute Gasteiger partial charge is 0.216 e. The van der Waals surface area contributed by atoms with Gasteiger partial charge in [0.05, 0.1) is 6.54 Å². The van der Waals surface area contributed by atoms with Crippen molar-refractivity contribution in [3.63, 3.8) is 0 Å². The molecule has 2 aromatic carbocycles. The number of rotatable bonds is 4. The van der Waals surface area contributed by atoms with Gasteiger partial charge in [0, 0.05) is 30.4 Å². The van der Waals surface area contributed by atoms with Crippen LogP contribution in [0.4, 0.5) is 5.69 Å². The molecule has 1 aliphatic heterocycles. The van der Waals surface area contributed by atoms with Crippen molar-refractivity contribution in [2.24, 2.45) is 0 Å². The van der Waals surface area contributed by atoms with Gasteiger partial charge in [-0.1, -0.05) is 48.5 Å². The van der Waals surface area contributed by atoms with E-state index in [4.69, 9.17) is 4.74 Å². The van der Waals surface area contributed by atoms with Crippen LogP contribution in [0, 0.1) is 6.92 Å². The highest BCUT2D eigenvalue weighted by Gasteiger charge is 2.25. The molecule has 1 aromatic heterocycles. The topological polar surface area (TPSA) is 25.4 Å². The molecule has 0 aliphatic carbocycles. The van der Waals surface area contributed by atoms with Gasteiger partial charge in [-0.05, 0) is 36.2 Å². The quantitative estimate of drug-likeness (QED) is 0.692. The van der Waals surface area contributed by atoms with E-state index in [0.717, 1.165) is 31.0 Å². The summed E-state index contributed by atoms with van der Waals surface area (Å²) in [6.07, 6.45) is 3.01. The first-order valence-electron chi connectivity index (χ1n) is 8.78. The Kier molecular flexibility index (Phi) is 4.38. The molecule has 1 atom stereocenters. The second kappa shape index (κ2) is 6.98. The zero-order chi connectivity index (χ0) is 17.1. The van der Waals surface area contributed by atoms with E-state index in [9.17, 15) is 0 Å². The van der Waals surface area contributed by atoms with Crippen molar-refractivity contribution in [3.05, 3.63) is 78.5 Å². The summed E-state index contributed by atoms with van der Waals surface area (Å²) < 4.78 is 6.10. The highest BCUT2D eigenvalue weighted by atomic mass is 16.5. The van der Waals surface area contributed by atoms with Crippen molar-refractivity contribution in [1.29, 1.82) is 0 Å². The molecule has 0 radical (unpaired) electrons. The molecule has 0 saturated carbocycles. The maximum absolute atomic E-state index is 6.10. The van der Waals surface area contributed by atoms with Crippen molar-refractivity contribution >= 4 is 5.69 Å². The van der Waals surface area contributed by atoms with Crippen molar-refractivity contribution < 1.29 is 4.74 Å². The summed E-state index contributed by atoms with van der Waals surface area (Å²) in [5.41, 5.74) is 4.85. The van der Waals surface area contributed by atoms with Crippen molar-refractivity contribution in [1.82, 2.24) is 4.98 Å². The van der Waals surface area contributed by atoms with Crippen LogP contribution in [0.5, 0.6) is 5.88 Å². The standard InChI is InChI=1S/C22H22N2O/c1-17-6-5-14-23-22(17)25-21-13-15-24(16-21)20-11-9-19(10-12-20)18-7-3-2-4-8-18/h2-12,14,21H,13,15-16H2,1H3/t21-/m0/s1. The molecule has 3 aromatic rings. The molecule has 2 heterocycles. The van der Waals surface area contributed by atoms with Gasteiger partial charge >= 0.3 is 0 Å². The van der Waals surface area contributed by atoms with Crippen LogP contribution < -0.4 is 9.64 Å². The van der Waals surface area contributed by atoms with Crippen LogP contribution in [0.15, 0.2) is 72.9 Å². The first-order valence-corrected chi connectivity index (χ1v) is 8.78. The Morgan fingerprint density at radius 3 is 2.44 bits per heavy atom. The molecule has 0 spiro atoms. The van der Waals surface area contributed by atoms with E-state index >= 15 is 0 Å². The minimum absolute atomic E-state index is 0.197. The predicted octanol–water partition coefficient (Wildman–Crippen LogP) is 4.71. The number of aromatic nitrogens is 1. The molecular formula is C22H22N2O. The number of hydrogen-bond donors (Lipinski definition) is 0. The van der Waals surface area contributed by atoms with Gasteiger partial charge in [-0.25, -0.2) is 4.98 Å². The number of aryl methyl sites for hydroxylation is 1. The lowest BCUT2D eigenvalue weighted by Crippen LogP contribution is -2.24. The van der Waals surface area contributed by atoms with Gasteiger partial charge in [-0.3, -0.25) is 0 Å². The maximum atomic E-state index is 6.10. The number of nitrogens with zero attached hydrogens (tertiary/aromatic N) is 2. The van der Waals surface area contributed by atoms with Crippen LogP contribution in [-0.4, -0.2) is 24.2 Å². The number of benzene rings is 2. The zero-order valence-corrected chi connectivity index (χ0v) is 14.4. The minimum atomic E-state index is 0.197. The molecule has 3 heteroatoms. The van der Waals surface area contributed by atoms with Crippen molar-refractivity contribution in [3.8, 4) is 17.0 Å². The SMILES string of the molecule is Cc1cccnc1O[C@H]1CCN(c2ccc(-c3ccccc3)cc2)C1. The Morgan fingerprint density at radius 2 is 1.68 bits per heavy atom. The monoisotopic (exact) mass is 330 g/mol. The molecule has 1 fully saturated rings. The lowest BCUT2D eigenvalue weighted by Gasteiger charge is -2.19. The minimum Gasteiger partial charge on any atom is -0.472 e. The molecular weight excluding hydrogens is 308 g/mol. The Hall–Kier alpha value is -2.81. The summed E-state index contributed by atoms with van der Waals surface area (Å²) in [7, 11) is 0. The molecule has 0 amide bonds. The van der Waals surface area contributed by atoms with Crippen LogP contribution in [0.3, 0.4) is 0 Å². The van der Waals surface area contributed by atoms with Crippen LogP contribution in [0.25, 0.3) is 11.1 Å². The number of pyridine rings is 1. The average Bonchev–Trinajstić information content (AvgIpc) is 3.13. The number of hydrogen-bond acceptors (Lipinski definition) is 3. The third kappa shape index (κ3) is 3.50. The average molecular weight is 330 g/mol. The van der Waals surface area contributed by atoms with Gasteiger partial charge in [-0.2, -0.15) is 0 Å². The van der Waals surface area contributed by atoms with E-state index in [1.807, 2.05) is 25.1 Å². The number of anilines is 1. The molecule has 4 rings (SSSR count). The molecule has 0 N–H and O–H groups in total. The second-order valence-corrected chi connectivity index (χ2v) is 6.51. The van der Waals surface area contributed by atoms with E-state index in [0.29, 0.717) is 0 Å². The lowest BCUT2D eigenvalue weighted by atomic mass is 10.1. The van der Waals surface area contributed by atoms with Crippen LogP contribution in [-0.2, 0) is 0 Å². The third-order valence-corrected chi connectivity index (χ3v) is 4.72. The summed E-state index contributed by atoms with van der Waals surface area (Å²) in [6, 6.07) is 23.3. The fourth-order valence-electron chi connectivity index (χ4n) is 3.31. The fraction of sp³-hybridized carbons (Fsp3) is 0.227. The molecule has 1 saturated heterocycles. The first-order chi connectivity index (χ1) is 12.3. The van der Waals surface area contributed by atoms with E-state index in [1.165, 1.54) is 16.8 Å². The Bertz CT molecular complexity index is 830. The Balaban J connectivity index is 1.42. The molecule has 1 aliphatic rings. The van der Waals surface area contributed by atoms with Gasteiger partial charge in [0.1, 0.15) is 6.10 Å². The van der Waals surface area contributed by atoms with Gasteiger partial charge in [0.15, 0.2) is 0 Å². The van der Waals surface area contributed by atoms with Gasteiger partial charge in [-0.15, -0.1) is 0 Å². The fourth-order valence-corrected chi connectivity index (χ4v) is 3.31. The predicted molar refractivity (Wildman–Crippen MR) is 102 cm³/mol. The van der Waals surface area contributed by atoms with Crippen LogP contribution in [0.1, 0.15) is 12.0 Å². The van der Waals surface area contributed by atoms with Crippen LogP contribution in [0.2, 0.25) is 0 Å². The van der Waals surface area contributed by atoms with Crippen molar-refractivity contribution in [2.75, 3.05) is 18.0 Å². The van der Waals surface area contributed by atoms with E-state index in [2.05, 4.69) is 58.4 Å². The van der Waals surface area contributed by atoms with E-state index < -0.39 is 0 Å². The van der Waals surface area contributed by atoms with E-state index in [-0.39, 0.29) is 6.10 Å². The van der Waals surface area contributed by atoms with Gasteiger partial charge < -0.3 is 9.64 Å². The molecule has 126 valence electrons. The van der Waals surface area contributed by atoms with Gasteiger partial charge in [0.25, 0.3) is 0 Å². The summed E-state index contributed by atoms with van der Waals surface area (Å²) >= 11 is 0. The molecule has 0 unspecified atom stereocenters. The highest BCUT2D eigenvalue weighted by Crippen LogP contribution is 2.27. The summed E-state index contributed by atoms with van der Waals surface area (Å²) in [5, 5.41) is 0. The van der Waals surface area contributed by atoms with Gasteiger partial charge in [0.2, 0.25) is 5.88 Å². The third-order valence-electron chi connectivity index (χ3n) is 4.72. The van der Waals surface area contributed by atoms with Crippen molar-refractivity contribution in [2.45, 2.75) is 19.4 Å². The molecule has 3 nitrogen and oxygen atoms in total. The zero-order valence-electron chi connectivity index (χ0n) is 14.4. The van der Waals surface area contributed by atoms with E-state index in [1.54, 1.807) is 6.20 Å². The van der Waals surface area contributed by atoms with Crippen LogP contribution >= 0.6 is 0 Å². The first kappa shape index (κ1) is 15.7. The highest BCUT2D eigenvalue weighted by molar-refractivity contribution is 5.66. The maximum Gasteiger partial charge on any atom is 0.216 e. The Morgan fingerprint density at radius 1 is 0.920 bits per heavy atom. The largest absolute Gasteiger partial charge is 0.472 e. The summed E-state index contributed by atoms with van der Waals surface area (Å²) in [4.78, 5) is 6.73.